The molecule has 0 aliphatic rings. The first-order valence-corrected chi connectivity index (χ1v) is 8.77. The number of carbonyl (C=O) groups is 2. The van der Waals surface area contributed by atoms with Crippen molar-refractivity contribution in [2.24, 2.45) is 0 Å². The molecule has 0 heterocycles. The van der Waals surface area contributed by atoms with Crippen LogP contribution in [0.5, 0.6) is 0 Å². The van der Waals surface area contributed by atoms with Crippen molar-refractivity contribution in [2.45, 2.75) is 65.8 Å². The Morgan fingerprint density at radius 1 is 1.00 bits per heavy atom. The van der Waals surface area contributed by atoms with E-state index in [0.717, 1.165) is 11.1 Å². The summed E-state index contributed by atoms with van der Waals surface area (Å²) in [4.78, 5) is 25.7. The van der Waals surface area contributed by atoms with E-state index in [-0.39, 0.29) is 12.4 Å². The number of hydrogen-bond acceptors (Lipinski definition) is 5. The van der Waals surface area contributed by atoms with Gasteiger partial charge in [-0.25, -0.2) is 4.79 Å². The van der Waals surface area contributed by atoms with Gasteiger partial charge in [0.2, 0.25) is 0 Å². The average molecular weight is 365 g/mol. The molecule has 1 aromatic carbocycles. The van der Waals surface area contributed by atoms with Crippen molar-refractivity contribution in [3.8, 4) is 0 Å². The number of benzene rings is 1. The van der Waals surface area contributed by atoms with E-state index in [4.69, 9.17) is 14.2 Å². The van der Waals surface area contributed by atoms with E-state index in [0.29, 0.717) is 13.2 Å². The van der Waals surface area contributed by atoms with Gasteiger partial charge in [-0.05, 0) is 52.7 Å². The number of methoxy groups -OCH3 is 1. The van der Waals surface area contributed by atoms with Crippen molar-refractivity contribution in [3.05, 3.63) is 35.4 Å². The van der Waals surface area contributed by atoms with E-state index in [1.807, 2.05) is 58.9 Å². The maximum Gasteiger partial charge on any atom is 0.412 e. The summed E-state index contributed by atoms with van der Waals surface area (Å²) in [5.41, 5.74) is 0.352. The van der Waals surface area contributed by atoms with Gasteiger partial charge in [-0.3, -0.25) is 9.69 Å². The molecule has 0 saturated heterocycles. The molecule has 0 aromatic heterocycles. The van der Waals surface area contributed by atoms with Gasteiger partial charge in [0.15, 0.2) is 0 Å². The normalized spacial score (nSPS) is 11.8. The molecule has 0 radical (unpaired) electrons. The molecule has 0 unspecified atom stereocenters. The van der Waals surface area contributed by atoms with Gasteiger partial charge in [-0.1, -0.05) is 24.3 Å². The third-order valence-electron chi connectivity index (χ3n) is 3.78. The van der Waals surface area contributed by atoms with Crippen LogP contribution >= 0.6 is 0 Å². The van der Waals surface area contributed by atoms with Gasteiger partial charge in [0, 0.05) is 7.11 Å². The van der Waals surface area contributed by atoms with Crippen LogP contribution in [0.25, 0.3) is 0 Å². The molecule has 0 aliphatic carbocycles. The first kappa shape index (κ1) is 22.0. The van der Waals surface area contributed by atoms with Crippen LogP contribution in [0.3, 0.4) is 0 Å². The highest BCUT2D eigenvalue weighted by Crippen LogP contribution is 2.22. The summed E-state index contributed by atoms with van der Waals surface area (Å²) in [5.74, 6) is -0.254. The maximum absolute atomic E-state index is 12.6. The molecule has 1 aromatic rings. The molecule has 0 spiro atoms. The molecule has 6 heteroatoms. The number of esters is 1. The summed E-state index contributed by atoms with van der Waals surface area (Å²) in [6, 6.07) is 7.49. The minimum Gasteiger partial charge on any atom is -0.466 e. The molecule has 0 N–H and O–H groups in total. The van der Waals surface area contributed by atoms with Crippen molar-refractivity contribution < 1.29 is 23.8 Å². The van der Waals surface area contributed by atoms with Crippen LogP contribution in [-0.4, -0.2) is 42.0 Å². The van der Waals surface area contributed by atoms with E-state index in [1.54, 1.807) is 18.9 Å². The highest BCUT2D eigenvalue weighted by Gasteiger charge is 2.34. The van der Waals surface area contributed by atoms with E-state index in [1.165, 1.54) is 0 Å². The summed E-state index contributed by atoms with van der Waals surface area (Å²) >= 11 is 0. The molecule has 146 valence electrons. The zero-order valence-electron chi connectivity index (χ0n) is 16.9. The third-order valence-corrected chi connectivity index (χ3v) is 3.78. The van der Waals surface area contributed by atoms with Crippen molar-refractivity contribution in [2.75, 3.05) is 13.7 Å². The predicted octanol–water partition coefficient (Wildman–Crippen LogP) is 3.91. The largest absolute Gasteiger partial charge is 0.466 e. The summed E-state index contributed by atoms with van der Waals surface area (Å²) in [6.07, 6.45) is -0.215. The number of rotatable bonds is 7. The van der Waals surface area contributed by atoms with Gasteiger partial charge in [-0.15, -0.1) is 0 Å². The zero-order chi connectivity index (χ0) is 20.0. The molecule has 1 amide bonds. The summed E-state index contributed by atoms with van der Waals surface area (Å²) in [7, 11) is 1.56. The second kappa shape index (κ2) is 9.03. The first-order valence-electron chi connectivity index (χ1n) is 8.77. The molecule has 0 atom stereocenters. The Morgan fingerprint density at radius 3 is 2.00 bits per heavy atom. The Hall–Kier alpha value is -2.08. The molecular formula is C20H31NO5. The van der Waals surface area contributed by atoms with Gasteiger partial charge >= 0.3 is 12.1 Å². The lowest BCUT2D eigenvalue weighted by atomic mass is 10.1. The molecule has 0 aliphatic heterocycles. The molecule has 26 heavy (non-hydrogen) atoms. The summed E-state index contributed by atoms with van der Waals surface area (Å²) in [5, 5.41) is 0. The van der Waals surface area contributed by atoms with Crippen molar-refractivity contribution in [3.63, 3.8) is 0 Å². The van der Waals surface area contributed by atoms with Crippen LogP contribution < -0.4 is 0 Å². The van der Waals surface area contributed by atoms with Crippen LogP contribution in [0.4, 0.5) is 4.79 Å². The Balaban J connectivity index is 2.91. The van der Waals surface area contributed by atoms with Gasteiger partial charge in [-0.2, -0.15) is 0 Å². The van der Waals surface area contributed by atoms with Crippen LogP contribution in [0.15, 0.2) is 24.3 Å². The Bertz CT molecular complexity index is 602. The molecule has 0 fully saturated rings. The van der Waals surface area contributed by atoms with Gasteiger partial charge < -0.3 is 14.2 Å². The number of ether oxygens (including phenoxy) is 3. The van der Waals surface area contributed by atoms with Crippen LogP contribution in [0.2, 0.25) is 0 Å². The highest BCUT2D eigenvalue weighted by atomic mass is 16.6. The Labute approximate surface area is 156 Å². The topological polar surface area (TPSA) is 65.1 Å². The Kier molecular flexibility index (Phi) is 7.63. The standard InChI is InChI=1S/C20H31NO5/c1-8-25-17(22)13-15-9-11-16(12-10-15)14-21(20(5,6)24-7)18(23)26-19(2,3)4/h9-12H,8,13-14H2,1-7H3. The molecule has 6 nitrogen and oxygen atoms in total. The number of nitrogens with zero attached hydrogens (tertiary/aromatic N) is 1. The zero-order valence-corrected chi connectivity index (χ0v) is 16.9. The fourth-order valence-electron chi connectivity index (χ4n) is 2.23. The summed E-state index contributed by atoms with van der Waals surface area (Å²) < 4.78 is 15.9. The fraction of sp³-hybridized carbons (Fsp3) is 0.600. The van der Waals surface area contributed by atoms with E-state index >= 15 is 0 Å². The number of amides is 1. The molecule has 0 bridgehead atoms. The first-order chi connectivity index (χ1) is 12.0. The monoisotopic (exact) mass is 365 g/mol. The number of hydrogen-bond donors (Lipinski definition) is 0. The van der Waals surface area contributed by atoms with Crippen LogP contribution in [0, 0.1) is 0 Å². The van der Waals surface area contributed by atoms with E-state index < -0.39 is 17.4 Å². The van der Waals surface area contributed by atoms with Crippen molar-refractivity contribution in [1.29, 1.82) is 0 Å². The van der Waals surface area contributed by atoms with Crippen molar-refractivity contribution >= 4 is 12.1 Å². The van der Waals surface area contributed by atoms with Gasteiger partial charge in [0.05, 0.1) is 19.6 Å². The molecule has 0 saturated carbocycles. The van der Waals surface area contributed by atoms with Crippen LogP contribution in [0.1, 0.15) is 52.7 Å². The predicted molar refractivity (Wildman–Crippen MR) is 99.6 cm³/mol. The lowest BCUT2D eigenvalue weighted by Gasteiger charge is -2.38. The molecular weight excluding hydrogens is 334 g/mol. The van der Waals surface area contributed by atoms with Crippen LogP contribution in [-0.2, 0) is 32.0 Å². The van der Waals surface area contributed by atoms with E-state index in [2.05, 4.69) is 0 Å². The lowest BCUT2D eigenvalue weighted by Crippen LogP contribution is -2.50. The SMILES string of the molecule is CCOC(=O)Cc1ccc(CN(C(=O)OC(C)(C)C)C(C)(C)OC)cc1. The minimum atomic E-state index is -0.827. The fourth-order valence-corrected chi connectivity index (χ4v) is 2.23. The van der Waals surface area contributed by atoms with Crippen molar-refractivity contribution in [1.82, 2.24) is 4.90 Å². The third kappa shape index (κ3) is 7.04. The van der Waals surface area contributed by atoms with Gasteiger partial charge in [0.25, 0.3) is 0 Å². The highest BCUT2D eigenvalue weighted by molar-refractivity contribution is 5.72. The lowest BCUT2D eigenvalue weighted by molar-refractivity contribution is -0.142. The van der Waals surface area contributed by atoms with Gasteiger partial charge in [0.1, 0.15) is 11.3 Å². The Morgan fingerprint density at radius 2 is 1.54 bits per heavy atom. The second-order valence-electron chi connectivity index (χ2n) is 7.52. The van der Waals surface area contributed by atoms with E-state index in [9.17, 15) is 9.59 Å². The molecule has 1 rings (SSSR count). The maximum atomic E-state index is 12.6. The quantitative estimate of drug-likeness (QED) is 0.541. The number of carbonyl (C=O) groups excluding carboxylic acids is 2. The minimum absolute atomic E-state index is 0.230. The average Bonchev–Trinajstić information content (AvgIpc) is 2.52. The summed E-state index contributed by atoms with van der Waals surface area (Å²) in [6.45, 7) is 11.6. The smallest absolute Gasteiger partial charge is 0.412 e. The second-order valence-corrected chi connectivity index (χ2v) is 7.52.